The molecule has 104 valence electrons. The Balaban J connectivity index is 1.93. The van der Waals surface area contributed by atoms with Gasteiger partial charge in [0.2, 0.25) is 0 Å². The number of ether oxygens (including phenoxy) is 1. The van der Waals surface area contributed by atoms with E-state index < -0.39 is 0 Å². The fourth-order valence-electron chi connectivity index (χ4n) is 2.47. The smallest absolute Gasteiger partial charge is 0.114 e. The molecule has 0 saturated heterocycles. The van der Waals surface area contributed by atoms with E-state index in [1.54, 1.807) is 7.11 Å². The monoisotopic (exact) mass is 323 g/mol. The number of methoxy groups -OCH3 is 1. The molecule has 2 nitrogen and oxygen atoms in total. The van der Waals surface area contributed by atoms with Crippen LogP contribution in [-0.4, -0.2) is 36.0 Å². The topological polar surface area (TPSA) is 12.5 Å². The zero-order chi connectivity index (χ0) is 13.7. The van der Waals surface area contributed by atoms with Gasteiger partial charge in [-0.1, -0.05) is 47.2 Å². The molecule has 0 amide bonds. The van der Waals surface area contributed by atoms with Crippen molar-refractivity contribution in [3.05, 3.63) is 47.8 Å². The van der Waals surface area contributed by atoms with Crippen LogP contribution in [0.25, 0.3) is 0 Å². The van der Waals surface area contributed by atoms with Crippen molar-refractivity contribution >= 4 is 15.9 Å². The van der Waals surface area contributed by atoms with Crippen LogP contribution in [0.2, 0.25) is 0 Å². The number of hydrogen-bond donors (Lipinski definition) is 0. The maximum atomic E-state index is 5.24. The van der Waals surface area contributed by atoms with E-state index in [2.05, 4.69) is 64.2 Å². The number of allylic oxidation sites excluding steroid dienone is 3. The number of alkyl halides is 1. The number of likely N-dealkylation sites (N-methyl/N-ethyl adjacent to an activating group) is 1. The maximum absolute atomic E-state index is 5.24. The van der Waals surface area contributed by atoms with Crippen molar-refractivity contribution in [1.82, 2.24) is 4.90 Å². The van der Waals surface area contributed by atoms with Gasteiger partial charge in [0.05, 0.1) is 7.11 Å². The van der Waals surface area contributed by atoms with Crippen LogP contribution in [-0.2, 0) is 4.74 Å². The number of rotatable bonds is 5. The van der Waals surface area contributed by atoms with Crippen LogP contribution < -0.4 is 0 Å². The molecule has 0 aliphatic heterocycles. The minimum atomic E-state index is 0.486. The van der Waals surface area contributed by atoms with Gasteiger partial charge in [-0.15, -0.1) is 0 Å². The number of nitrogens with zero attached hydrogens (tertiary/aromatic N) is 1. The molecule has 0 radical (unpaired) electrons. The van der Waals surface area contributed by atoms with Gasteiger partial charge in [0.1, 0.15) is 5.76 Å². The first-order valence-electron chi connectivity index (χ1n) is 6.90. The Morgan fingerprint density at radius 1 is 1.26 bits per heavy atom. The van der Waals surface area contributed by atoms with E-state index in [1.807, 2.05) is 0 Å². The lowest BCUT2D eigenvalue weighted by molar-refractivity contribution is 0.251. The fourth-order valence-corrected chi connectivity index (χ4v) is 2.81. The van der Waals surface area contributed by atoms with Crippen molar-refractivity contribution in [3.63, 3.8) is 0 Å². The van der Waals surface area contributed by atoms with Gasteiger partial charge in [0, 0.05) is 17.4 Å². The van der Waals surface area contributed by atoms with E-state index >= 15 is 0 Å². The predicted molar refractivity (Wildman–Crippen MR) is 84.4 cm³/mol. The summed E-state index contributed by atoms with van der Waals surface area (Å²) in [7, 11) is 1.72. The third kappa shape index (κ3) is 4.08. The van der Waals surface area contributed by atoms with Crippen LogP contribution >= 0.6 is 15.9 Å². The highest BCUT2D eigenvalue weighted by atomic mass is 79.9. The Labute approximate surface area is 124 Å². The van der Waals surface area contributed by atoms with E-state index in [9.17, 15) is 0 Å². The molecule has 0 bridgehead atoms. The Morgan fingerprint density at radius 2 is 2.11 bits per heavy atom. The van der Waals surface area contributed by atoms with Gasteiger partial charge in [0.15, 0.2) is 0 Å². The van der Waals surface area contributed by atoms with Crippen molar-refractivity contribution < 1.29 is 4.74 Å². The first-order chi connectivity index (χ1) is 9.22. The second-order valence-corrected chi connectivity index (χ2v) is 6.10. The van der Waals surface area contributed by atoms with Crippen LogP contribution in [0.15, 0.2) is 47.8 Å². The van der Waals surface area contributed by atoms with Crippen molar-refractivity contribution in [1.29, 1.82) is 0 Å². The second kappa shape index (κ2) is 7.11. The molecular weight excluding hydrogens is 302 g/mol. The second-order valence-electron chi connectivity index (χ2n) is 4.93. The molecular formula is C16H22BrNO. The summed E-state index contributed by atoms with van der Waals surface area (Å²) in [5, 5.41) is 0. The molecule has 0 aromatic carbocycles. The molecule has 2 rings (SSSR count). The largest absolute Gasteiger partial charge is 0.497 e. The third-order valence-electron chi connectivity index (χ3n) is 3.66. The Hall–Kier alpha value is -0.800. The zero-order valence-electron chi connectivity index (χ0n) is 11.7. The lowest BCUT2D eigenvalue weighted by Gasteiger charge is -2.30. The molecule has 2 aliphatic rings. The highest BCUT2D eigenvalue weighted by Crippen LogP contribution is 2.21. The van der Waals surface area contributed by atoms with Crippen LogP contribution in [0, 0.1) is 0 Å². The van der Waals surface area contributed by atoms with E-state index in [0.29, 0.717) is 10.9 Å². The normalized spacial score (nSPS) is 26.3. The molecule has 0 spiro atoms. The van der Waals surface area contributed by atoms with E-state index in [4.69, 9.17) is 4.74 Å². The zero-order valence-corrected chi connectivity index (χ0v) is 13.3. The first-order valence-corrected chi connectivity index (χ1v) is 7.82. The molecule has 0 saturated carbocycles. The van der Waals surface area contributed by atoms with Crippen molar-refractivity contribution in [3.8, 4) is 0 Å². The Bertz CT molecular complexity index is 422. The van der Waals surface area contributed by atoms with Crippen molar-refractivity contribution in [2.75, 3.05) is 20.2 Å². The van der Waals surface area contributed by atoms with Gasteiger partial charge >= 0.3 is 0 Å². The van der Waals surface area contributed by atoms with E-state index in [-0.39, 0.29) is 0 Å². The van der Waals surface area contributed by atoms with E-state index in [0.717, 1.165) is 31.7 Å². The summed E-state index contributed by atoms with van der Waals surface area (Å²) in [6.07, 6.45) is 15.5. The molecule has 0 heterocycles. The van der Waals surface area contributed by atoms with Crippen LogP contribution in [0.1, 0.15) is 19.8 Å². The lowest BCUT2D eigenvalue weighted by atomic mass is 10.0. The number of hydrogen-bond acceptors (Lipinski definition) is 2. The average Bonchev–Trinajstić information content (AvgIpc) is 2.47. The molecule has 19 heavy (non-hydrogen) atoms. The Kier molecular flexibility index (Phi) is 5.46. The molecule has 2 atom stereocenters. The van der Waals surface area contributed by atoms with Crippen molar-refractivity contribution in [2.24, 2.45) is 0 Å². The van der Waals surface area contributed by atoms with Crippen molar-refractivity contribution in [2.45, 2.75) is 30.6 Å². The molecule has 2 aliphatic carbocycles. The Morgan fingerprint density at radius 3 is 2.63 bits per heavy atom. The molecule has 0 aromatic rings. The van der Waals surface area contributed by atoms with Gasteiger partial charge in [-0.2, -0.15) is 0 Å². The van der Waals surface area contributed by atoms with Crippen LogP contribution in [0.5, 0.6) is 0 Å². The minimum absolute atomic E-state index is 0.486. The van der Waals surface area contributed by atoms with Gasteiger partial charge in [0.25, 0.3) is 0 Å². The lowest BCUT2D eigenvalue weighted by Crippen LogP contribution is -2.36. The molecule has 2 unspecified atom stereocenters. The third-order valence-corrected chi connectivity index (χ3v) is 4.34. The summed E-state index contributed by atoms with van der Waals surface area (Å²) < 4.78 is 5.24. The fraction of sp³-hybridized carbons (Fsp3) is 0.500. The molecule has 0 aromatic heterocycles. The molecule has 0 N–H and O–H groups in total. The van der Waals surface area contributed by atoms with E-state index in [1.165, 1.54) is 5.57 Å². The van der Waals surface area contributed by atoms with Gasteiger partial charge in [-0.05, 0) is 37.1 Å². The van der Waals surface area contributed by atoms with Gasteiger partial charge in [-0.25, -0.2) is 0 Å². The highest BCUT2D eigenvalue weighted by Gasteiger charge is 2.17. The summed E-state index contributed by atoms with van der Waals surface area (Å²) in [4.78, 5) is 3.01. The summed E-state index contributed by atoms with van der Waals surface area (Å²) in [6.45, 7) is 4.32. The molecule has 3 heteroatoms. The predicted octanol–water partition coefficient (Wildman–Crippen LogP) is 3.82. The summed E-state index contributed by atoms with van der Waals surface area (Å²) in [5.74, 6) is 0.978. The standard InChI is InChI=1S/C16H22BrNO/c1-3-18(12-13-4-6-14(17)7-5-13)15-8-10-16(19-2)11-9-15/h4-6,8,10-11,14-15H,3,7,9,12H2,1-2H3. The molecule has 0 fully saturated rings. The summed E-state index contributed by atoms with van der Waals surface area (Å²) >= 11 is 3.61. The average molecular weight is 324 g/mol. The van der Waals surface area contributed by atoms with Gasteiger partial charge in [-0.3, -0.25) is 4.90 Å². The van der Waals surface area contributed by atoms with Crippen LogP contribution in [0.3, 0.4) is 0 Å². The SMILES string of the molecule is CCN(CC1=CCC(Br)C=C1)C1C=CC(OC)=CC1. The van der Waals surface area contributed by atoms with Gasteiger partial charge < -0.3 is 4.74 Å². The summed E-state index contributed by atoms with van der Waals surface area (Å²) in [5.41, 5.74) is 1.42. The maximum Gasteiger partial charge on any atom is 0.114 e. The first kappa shape index (κ1) is 14.6. The van der Waals surface area contributed by atoms with Crippen LogP contribution in [0.4, 0.5) is 0 Å². The number of halogens is 1. The highest BCUT2D eigenvalue weighted by molar-refractivity contribution is 9.09. The quantitative estimate of drug-likeness (QED) is 0.713. The summed E-state index contributed by atoms with van der Waals surface area (Å²) in [6, 6.07) is 0.486. The minimum Gasteiger partial charge on any atom is -0.497 e.